The van der Waals surface area contributed by atoms with Crippen molar-refractivity contribution in [3.8, 4) is 0 Å². The number of benzene rings is 1. The van der Waals surface area contributed by atoms with Crippen LogP contribution in [0.3, 0.4) is 0 Å². The van der Waals surface area contributed by atoms with Crippen molar-refractivity contribution in [1.29, 1.82) is 0 Å². The van der Waals surface area contributed by atoms with E-state index in [9.17, 15) is 0 Å². The lowest BCUT2D eigenvalue weighted by Gasteiger charge is -2.18. The molecule has 0 heterocycles. The van der Waals surface area contributed by atoms with Crippen LogP contribution in [0.1, 0.15) is 55.7 Å². The molecule has 0 saturated heterocycles. The standard InChI is InChI=1S/C15H23NO/c1-2-9-16-15(8-10-17)14-5-3-4-13(11-14)12-6-7-12/h3-5,11-12,15-17H,2,6-10H2,1H3. The van der Waals surface area contributed by atoms with Gasteiger partial charge in [0.2, 0.25) is 0 Å². The minimum atomic E-state index is 0.245. The van der Waals surface area contributed by atoms with Crippen LogP contribution in [-0.4, -0.2) is 18.3 Å². The van der Waals surface area contributed by atoms with Crippen molar-refractivity contribution < 1.29 is 5.11 Å². The Morgan fingerprint density at radius 1 is 1.41 bits per heavy atom. The third-order valence-corrected chi connectivity index (χ3v) is 3.42. The minimum absolute atomic E-state index is 0.245. The van der Waals surface area contributed by atoms with E-state index in [0.29, 0.717) is 6.04 Å². The molecule has 17 heavy (non-hydrogen) atoms. The van der Waals surface area contributed by atoms with Crippen LogP contribution in [0.5, 0.6) is 0 Å². The van der Waals surface area contributed by atoms with E-state index < -0.39 is 0 Å². The van der Waals surface area contributed by atoms with E-state index in [0.717, 1.165) is 25.3 Å². The molecular weight excluding hydrogens is 210 g/mol. The molecule has 1 unspecified atom stereocenters. The summed E-state index contributed by atoms with van der Waals surface area (Å²) in [4.78, 5) is 0. The summed E-state index contributed by atoms with van der Waals surface area (Å²) in [5, 5.41) is 12.7. The van der Waals surface area contributed by atoms with Crippen molar-refractivity contribution in [2.24, 2.45) is 0 Å². The molecule has 0 aromatic heterocycles. The third-order valence-electron chi connectivity index (χ3n) is 3.42. The van der Waals surface area contributed by atoms with Gasteiger partial charge in [0, 0.05) is 12.6 Å². The van der Waals surface area contributed by atoms with Crippen LogP contribution in [0, 0.1) is 0 Å². The molecule has 0 aliphatic heterocycles. The normalized spacial score (nSPS) is 17.1. The van der Waals surface area contributed by atoms with Gasteiger partial charge < -0.3 is 10.4 Å². The van der Waals surface area contributed by atoms with Crippen LogP contribution in [0.4, 0.5) is 0 Å². The quantitative estimate of drug-likeness (QED) is 0.759. The Morgan fingerprint density at radius 3 is 2.88 bits per heavy atom. The lowest BCUT2D eigenvalue weighted by atomic mass is 9.99. The van der Waals surface area contributed by atoms with Gasteiger partial charge in [0.25, 0.3) is 0 Å². The van der Waals surface area contributed by atoms with Crippen molar-refractivity contribution in [2.45, 2.75) is 44.6 Å². The van der Waals surface area contributed by atoms with Gasteiger partial charge in [-0.1, -0.05) is 31.2 Å². The first-order chi connectivity index (χ1) is 8.35. The van der Waals surface area contributed by atoms with Gasteiger partial charge in [-0.3, -0.25) is 0 Å². The Hall–Kier alpha value is -0.860. The van der Waals surface area contributed by atoms with E-state index in [1.54, 1.807) is 0 Å². The van der Waals surface area contributed by atoms with E-state index in [1.165, 1.54) is 24.0 Å². The van der Waals surface area contributed by atoms with Crippen molar-refractivity contribution in [1.82, 2.24) is 5.32 Å². The molecule has 2 nitrogen and oxygen atoms in total. The summed E-state index contributed by atoms with van der Waals surface area (Å²) in [6, 6.07) is 9.19. The molecule has 0 bridgehead atoms. The molecule has 0 spiro atoms. The van der Waals surface area contributed by atoms with Crippen LogP contribution < -0.4 is 5.32 Å². The minimum Gasteiger partial charge on any atom is -0.396 e. The highest BCUT2D eigenvalue weighted by Gasteiger charge is 2.24. The zero-order chi connectivity index (χ0) is 12.1. The van der Waals surface area contributed by atoms with Crippen molar-refractivity contribution in [3.05, 3.63) is 35.4 Å². The van der Waals surface area contributed by atoms with E-state index in [4.69, 9.17) is 5.11 Å². The number of aliphatic hydroxyl groups excluding tert-OH is 1. The molecular formula is C15H23NO. The molecule has 2 N–H and O–H groups in total. The third kappa shape index (κ3) is 3.55. The zero-order valence-electron chi connectivity index (χ0n) is 10.7. The fourth-order valence-corrected chi connectivity index (χ4v) is 2.28. The Kier molecular flexibility index (Phi) is 4.57. The average Bonchev–Trinajstić information content (AvgIpc) is 3.19. The monoisotopic (exact) mass is 233 g/mol. The van der Waals surface area contributed by atoms with Gasteiger partial charge in [-0.05, 0) is 49.3 Å². The molecule has 2 heteroatoms. The number of rotatable bonds is 7. The molecule has 1 atom stereocenters. The molecule has 1 aromatic rings. The molecule has 94 valence electrons. The Balaban J connectivity index is 2.07. The number of hydrogen-bond donors (Lipinski definition) is 2. The summed E-state index contributed by atoms with van der Waals surface area (Å²) in [6.07, 6.45) is 4.62. The predicted octanol–water partition coefficient (Wildman–Crippen LogP) is 2.99. The first-order valence-corrected chi connectivity index (χ1v) is 6.79. The second-order valence-electron chi connectivity index (χ2n) is 4.96. The summed E-state index contributed by atoms with van der Waals surface area (Å²) in [5.74, 6) is 0.802. The summed E-state index contributed by atoms with van der Waals surface area (Å²) in [6.45, 7) is 3.43. The Bertz CT molecular complexity index is 347. The zero-order valence-corrected chi connectivity index (χ0v) is 10.7. The highest BCUT2D eigenvalue weighted by Crippen LogP contribution is 2.40. The number of aliphatic hydroxyl groups is 1. The van der Waals surface area contributed by atoms with Gasteiger partial charge in [-0.2, -0.15) is 0 Å². The Morgan fingerprint density at radius 2 is 2.24 bits per heavy atom. The molecule has 2 rings (SSSR count). The maximum absolute atomic E-state index is 9.15. The lowest BCUT2D eigenvalue weighted by molar-refractivity contribution is 0.265. The topological polar surface area (TPSA) is 32.3 Å². The largest absolute Gasteiger partial charge is 0.396 e. The summed E-state index contributed by atoms with van der Waals surface area (Å²) in [7, 11) is 0. The van der Waals surface area contributed by atoms with Crippen LogP contribution in [0.15, 0.2) is 24.3 Å². The van der Waals surface area contributed by atoms with E-state index in [2.05, 4.69) is 36.5 Å². The molecule has 1 aromatic carbocycles. The van der Waals surface area contributed by atoms with E-state index in [1.807, 2.05) is 0 Å². The van der Waals surface area contributed by atoms with Gasteiger partial charge in [0.15, 0.2) is 0 Å². The highest BCUT2D eigenvalue weighted by atomic mass is 16.3. The first kappa shape index (κ1) is 12.6. The first-order valence-electron chi connectivity index (χ1n) is 6.79. The molecule has 1 aliphatic carbocycles. The van der Waals surface area contributed by atoms with E-state index in [-0.39, 0.29) is 6.61 Å². The number of hydrogen-bond acceptors (Lipinski definition) is 2. The van der Waals surface area contributed by atoms with Crippen LogP contribution in [-0.2, 0) is 0 Å². The Labute approximate surface area is 104 Å². The fraction of sp³-hybridized carbons (Fsp3) is 0.600. The van der Waals surface area contributed by atoms with Gasteiger partial charge in [-0.15, -0.1) is 0 Å². The molecule has 1 fully saturated rings. The smallest absolute Gasteiger partial charge is 0.0449 e. The van der Waals surface area contributed by atoms with Gasteiger partial charge in [0.1, 0.15) is 0 Å². The fourth-order valence-electron chi connectivity index (χ4n) is 2.28. The SMILES string of the molecule is CCCNC(CCO)c1cccc(C2CC2)c1. The van der Waals surface area contributed by atoms with Crippen molar-refractivity contribution in [2.75, 3.05) is 13.2 Å². The van der Waals surface area contributed by atoms with Crippen LogP contribution in [0.25, 0.3) is 0 Å². The lowest BCUT2D eigenvalue weighted by Crippen LogP contribution is -2.23. The molecule has 1 aliphatic rings. The summed E-state index contributed by atoms with van der Waals surface area (Å²) < 4.78 is 0. The molecule has 1 saturated carbocycles. The van der Waals surface area contributed by atoms with Crippen LogP contribution >= 0.6 is 0 Å². The van der Waals surface area contributed by atoms with Crippen molar-refractivity contribution >= 4 is 0 Å². The predicted molar refractivity (Wildman–Crippen MR) is 71.2 cm³/mol. The average molecular weight is 233 g/mol. The van der Waals surface area contributed by atoms with Crippen molar-refractivity contribution in [3.63, 3.8) is 0 Å². The van der Waals surface area contributed by atoms with Crippen LogP contribution in [0.2, 0.25) is 0 Å². The summed E-state index contributed by atoms with van der Waals surface area (Å²) in [5.41, 5.74) is 2.81. The van der Waals surface area contributed by atoms with E-state index >= 15 is 0 Å². The van der Waals surface area contributed by atoms with Gasteiger partial charge >= 0.3 is 0 Å². The molecule has 0 radical (unpaired) electrons. The second-order valence-corrected chi connectivity index (χ2v) is 4.96. The maximum atomic E-state index is 9.15. The summed E-state index contributed by atoms with van der Waals surface area (Å²) >= 11 is 0. The molecule has 0 amide bonds. The number of nitrogens with one attached hydrogen (secondary N) is 1. The maximum Gasteiger partial charge on any atom is 0.0449 e. The second kappa shape index (κ2) is 6.18. The van der Waals surface area contributed by atoms with Gasteiger partial charge in [-0.25, -0.2) is 0 Å². The highest BCUT2D eigenvalue weighted by molar-refractivity contribution is 5.30. The van der Waals surface area contributed by atoms with Gasteiger partial charge in [0.05, 0.1) is 0 Å².